The second kappa shape index (κ2) is 10.6. The van der Waals surface area contributed by atoms with Crippen molar-refractivity contribution in [1.29, 1.82) is 0 Å². The van der Waals surface area contributed by atoms with Crippen LogP contribution in [0.25, 0.3) is 22.3 Å². The van der Waals surface area contributed by atoms with Gasteiger partial charge in [-0.05, 0) is 71.3 Å². The summed E-state index contributed by atoms with van der Waals surface area (Å²) in [7, 11) is -4.43. The fourth-order valence-electron chi connectivity index (χ4n) is 3.15. The Morgan fingerprint density at radius 3 is 1.63 bits per heavy atom. The Morgan fingerprint density at radius 2 is 1.17 bits per heavy atom. The molecule has 0 aromatic heterocycles. The second-order valence-electron chi connectivity index (χ2n) is 7.21. The number of hydrogen-bond donors (Lipinski definition) is 2. The van der Waals surface area contributed by atoms with E-state index in [9.17, 15) is 30.4 Å². The van der Waals surface area contributed by atoms with E-state index in [1.807, 2.05) is 18.2 Å². The Morgan fingerprint density at radius 1 is 0.686 bits per heavy atom. The van der Waals surface area contributed by atoms with E-state index in [4.69, 9.17) is 4.55 Å². The molecule has 182 valence electrons. The molecule has 10 heteroatoms. The van der Waals surface area contributed by atoms with E-state index < -0.39 is 26.8 Å². The van der Waals surface area contributed by atoms with Gasteiger partial charge in [0.05, 0.1) is 10.5 Å². The average molecular weight is 525 g/mol. The number of thiol groups is 1. The molecule has 4 rings (SSSR count). The summed E-state index contributed by atoms with van der Waals surface area (Å²) in [6.07, 6.45) is -4.52. The summed E-state index contributed by atoms with van der Waals surface area (Å²) in [6.45, 7) is 0. The van der Waals surface area contributed by atoms with Crippen LogP contribution in [0.4, 0.5) is 22.0 Å². The highest BCUT2D eigenvalue weighted by atomic mass is 32.2. The maximum atomic E-state index is 13.1. The highest BCUT2D eigenvalue weighted by molar-refractivity contribution is 7.85. The largest absolute Gasteiger partial charge is 0.416 e. The van der Waals surface area contributed by atoms with Gasteiger partial charge in [0.1, 0.15) is 11.6 Å². The number of alkyl halides is 3. The minimum atomic E-state index is -4.52. The lowest BCUT2D eigenvalue weighted by atomic mass is 9.94. The summed E-state index contributed by atoms with van der Waals surface area (Å²) >= 11 is 4.51. The molecule has 0 unspecified atom stereocenters. The van der Waals surface area contributed by atoms with Gasteiger partial charge in [-0.3, -0.25) is 4.55 Å². The van der Waals surface area contributed by atoms with Gasteiger partial charge in [-0.15, -0.1) is 12.6 Å². The van der Waals surface area contributed by atoms with Gasteiger partial charge in [0.25, 0.3) is 10.1 Å². The number of rotatable bonds is 3. The molecule has 0 saturated carbocycles. The zero-order valence-electron chi connectivity index (χ0n) is 17.7. The third kappa shape index (κ3) is 6.91. The Labute approximate surface area is 204 Å². The summed E-state index contributed by atoms with van der Waals surface area (Å²) in [5, 5.41) is 0. The van der Waals surface area contributed by atoms with Gasteiger partial charge in [0, 0.05) is 10.5 Å². The Kier molecular flexibility index (Phi) is 7.99. The van der Waals surface area contributed by atoms with E-state index in [1.165, 1.54) is 24.3 Å². The molecule has 0 bridgehead atoms. The van der Waals surface area contributed by atoms with Crippen molar-refractivity contribution in [3.8, 4) is 22.3 Å². The molecule has 0 radical (unpaired) electrons. The van der Waals surface area contributed by atoms with Gasteiger partial charge in [0.15, 0.2) is 0 Å². The molecule has 4 aromatic rings. The number of benzene rings is 4. The lowest BCUT2D eigenvalue weighted by Gasteiger charge is -2.13. The minimum Gasteiger partial charge on any atom is -0.282 e. The first-order valence-electron chi connectivity index (χ1n) is 9.85. The maximum Gasteiger partial charge on any atom is 0.416 e. The first kappa shape index (κ1) is 26.4. The molecule has 4 aromatic carbocycles. The molecule has 0 aliphatic heterocycles. The van der Waals surface area contributed by atoms with E-state index in [1.54, 1.807) is 24.3 Å². The fraction of sp³-hybridized carbons (Fsp3) is 0.0400. The van der Waals surface area contributed by atoms with Crippen LogP contribution < -0.4 is 0 Å². The SMILES string of the molecule is Fc1ccc(-c2cccc(S)c2-c2ccc(F)cc2)cc1.O=S(=O)(O)c1ccc(C(F)(F)F)cc1. The summed E-state index contributed by atoms with van der Waals surface area (Å²) in [5.74, 6) is -0.553. The van der Waals surface area contributed by atoms with Crippen molar-refractivity contribution in [3.63, 3.8) is 0 Å². The van der Waals surface area contributed by atoms with Crippen molar-refractivity contribution < 1.29 is 34.9 Å². The predicted octanol–water partition coefficient (Wildman–Crippen LogP) is 7.54. The van der Waals surface area contributed by atoms with Crippen LogP contribution in [0.5, 0.6) is 0 Å². The van der Waals surface area contributed by atoms with Crippen LogP contribution in [0.15, 0.2) is 101 Å². The van der Waals surface area contributed by atoms with Crippen LogP contribution in [0.2, 0.25) is 0 Å². The number of halogens is 5. The Hall–Kier alpha value is -3.21. The first-order valence-corrected chi connectivity index (χ1v) is 11.7. The van der Waals surface area contributed by atoms with Crippen LogP contribution in [-0.4, -0.2) is 13.0 Å². The third-order valence-electron chi connectivity index (χ3n) is 4.81. The molecule has 3 nitrogen and oxygen atoms in total. The lowest BCUT2D eigenvalue weighted by molar-refractivity contribution is -0.137. The standard InChI is InChI=1S/C18H12F2S.C7H5F3O3S/c19-14-8-4-12(5-9-14)16-2-1-3-17(21)18(16)13-6-10-15(20)11-7-13;8-7(9,10)5-1-3-6(4-2-5)14(11,12)13/h1-11,21H;1-4H,(H,11,12,13). The highest BCUT2D eigenvalue weighted by Crippen LogP contribution is 2.36. The molecule has 0 aliphatic carbocycles. The topological polar surface area (TPSA) is 54.4 Å². The first-order chi connectivity index (χ1) is 16.4. The average Bonchev–Trinajstić information content (AvgIpc) is 2.80. The quantitative estimate of drug-likeness (QED) is 0.165. The lowest BCUT2D eigenvalue weighted by Crippen LogP contribution is -2.05. The fourth-order valence-corrected chi connectivity index (χ4v) is 3.96. The van der Waals surface area contributed by atoms with Crippen LogP contribution in [0.1, 0.15) is 5.56 Å². The Balaban J connectivity index is 0.000000214. The van der Waals surface area contributed by atoms with E-state index in [0.29, 0.717) is 24.3 Å². The smallest absolute Gasteiger partial charge is 0.282 e. The molecule has 0 aliphatic rings. The van der Waals surface area contributed by atoms with Gasteiger partial charge in [-0.2, -0.15) is 21.6 Å². The summed E-state index contributed by atoms with van der Waals surface area (Å²) in [4.78, 5) is 0.230. The summed E-state index contributed by atoms with van der Waals surface area (Å²) in [5.41, 5.74) is 2.65. The molecule has 1 N–H and O–H groups in total. The van der Waals surface area contributed by atoms with Crippen LogP contribution in [-0.2, 0) is 16.3 Å². The van der Waals surface area contributed by atoms with Crippen LogP contribution >= 0.6 is 12.6 Å². The van der Waals surface area contributed by atoms with Gasteiger partial charge >= 0.3 is 6.18 Å². The van der Waals surface area contributed by atoms with Crippen LogP contribution in [0, 0.1) is 11.6 Å². The maximum absolute atomic E-state index is 13.1. The van der Waals surface area contributed by atoms with Gasteiger partial charge in [-0.1, -0.05) is 36.4 Å². The minimum absolute atomic E-state index is 0.274. The normalized spacial score (nSPS) is 11.5. The molecule has 0 saturated heterocycles. The predicted molar refractivity (Wildman–Crippen MR) is 126 cm³/mol. The van der Waals surface area contributed by atoms with Crippen molar-refractivity contribution in [2.24, 2.45) is 0 Å². The van der Waals surface area contributed by atoms with E-state index in [-0.39, 0.29) is 11.6 Å². The van der Waals surface area contributed by atoms with Crippen molar-refractivity contribution in [1.82, 2.24) is 0 Å². The third-order valence-corrected chi connectivity index (χ3v) is 6.05. The molecular weight excluding hydrogens is 507 g/mol. The zero-order valence-corrected chi connectivity index (χ0v) is 19.4. The van der Waals surface area contributed by atoms with E-state index in [0.717, 1.165) is 27.1 Å². The second-order valence-corrected chi connectivity index (χ2v) is 9.11. The van der Waals surface area contributed by atoms with E-state index in [2.05, 4.69) is 12.6 Å². The van der Waals surface area contributed by atoms with Crippen molar-refractivity contribution in [3.05, 3.63) is 108 Å². The molecule has 35 heavy (non-hydrogen) atoms. The molecule has 0 spiro atoms. The summed E-state index contributed by atoms with van der Waals surface area (Å²) in [6, 6.07) is 20.9. The molecule has 0 fully saturated rings. The molecule has 0 heterocycles. The highest BCUT2D eigenvalue weighted by Gasteiger charge is 2.30. The zero-order chi connectivity index (χ0) is 25.8. The van der Waals surface area contributed by atoms with Gasteiger partial charge in [-0.25, -0.2) is 8.78 Å². The van der Waals surface area contributed by atoms with Crippen molar-refractivity contribution in [2.45, 2.75) is 16.0 Å². The molecule has 0 amide bonds. The Bertz CT molecular complexity index is 1400. The van der Waals surface area contributed by atoms with Gasteiger partial charge < -0.3 is 0 Å². The summed E-state index contributed by atoms with van der Waals surface area (Å²) < 4.78 is 91.6. The number of hydrogen-bond acceptors (Lipinski definition) is 3. The van der Waals surface area contributed by atoms with Crippen molar-refractivity contribution >= 4 is 22.7 Å². The van der Waals surface area contributed by atoms with Crippen molar-refractivity contribution in [2.75, 3.05) is 0 Å². The molecular formula is C25H17F5O3S2. The van der Waals surface area contributed by atoms with E-state index >= 15 is 0 Å². The van der Waals surface area contributed by atoms with Crippen LogP contribution in [0.3, 0.4) is 0 Å². The molecule has 0 atom stereocenters. The van der Waals surface area contributed by atoms with Gasteiger partial charge in [0.2, 0.25) is 0 Å². The monoisotopic (exact) mass is 524 g/mol.